The topological polar surface area (TPSA) is 104 Å². The molecule has 0 radical (unpaired) electrons. The number of hydrogen-bond acceptors (Lipinski definition) is 4. The fourth-order valence-electron chi connectivity index (χ4n) is 2.00. The summed E-state index contributed by atoms with van der Waals surface area (Å²) in [6.45, 7) is 0.702. The summed E-state index contributed by atoms with van der Waals surface area (Å²) in [6.07, 6.45) is 5.29. The van der Waals surface area contributed by atoms with Crippen LogP contribution in [-0.2, 0) is 4.79 Å². The van der Waals surface area contributed by atoms with E-state index >= 15 is 0 Å². The van der Waals surface area contributed by atoms with Gasteiger partial charge in [-0.25, -0.2) is 4.79 Å². The van der Waals surface area contributed by atoms with Gasteiger partial charge >= 0.3 is 6.03 Å². The van der Waals surface area contributed by atoms with Gasteiger partial charge < -0.3 is 21.5 Å². The number of primary amides is 1. The molecule has 1 aliphatic rings. The lowest BCUT2D eigenvalue weighted by molar-refractivity contribution is -0.123. The van der Waals surface area contributed by atoms with E-state index in [1.54, 1.807) is 11.8 Å². The van der Waals surface area contributed by atoms with Crippen LogP contribution >= 0.6 is 11.8 Å². The lowest BCUT2D eigenvalue weighted by Crippen LogP contribution is -2.49. The van der Waals surface area contributed by atoms with Crippen LogP contribution in [0.25, 0.3) is 0 Å². The third-order valence-electron chi connectivity index (χ3n) is 3.48. The normalized spacial score (nSPS) is 17.6. The van der Waals surface area contributed by atoms with E-state index in [1.165, 1.54) is 0 Å². The maximum Gasteiger partial charge on any atom is 0.312 e. The fourth-order valence-corrected chi connectivity index (χ4v) is 2.47. The molecule has 19 heavy (non-hydrogen) atoms. The van der Waals surface area contributed by atoms with Gasteiger partial charge in [0.25, 0.3) is 0 Å². The van der Waals surface area contributed by atoms with Crippen molar-refractivity contribution < 1.29 is 14.7 Å². The van der Waals surface area contributed by atoms with E-state index in [0.29, 0.717) is 19.4 Å². The SMILES string of the molecule is CSCCC(NC(N)=O)C(=O)NCC1(CCO)CC1. The Kier molecular flexibility index (Phi) is 6.44. The second-order valence-electron chi connectivity index (χ2n) is 5.03. The lowest BCUT2D eigenvalue weighted by Gasteiger charge is -2.20. The van der Waals surface area contributed by atoms with Gasteiger partial charge in [-0.05, 0) is 43.1 Å². The molecule has 1 saturated carbocycles. The molecule has 0 aliphatic heterocycles. The summed E-state index contributed by atoms with van der Waals surface area (Å²) in [6, 6.07) is -1.26. The number of thioether (sulfide) groups is 1. The Labute approximate surface area is 117 Å². The van der Waals surface area contributed by atoms with Crippen LogP contribution in [0.1, 0.15) is 25.7 Å². The molecule has 0 heterocycles. The predicted molar refractivity (Wildman–Crippen MR) is 75.9 cm³/mol. The number of nitrogens with two attached hydrogens (primary N) is 1. The summed E-state index contributed by atoms with van der Waals surface area (Å²) in [5, 5.41) is 14.3. The van der Waals surface area contributed by atoms with E-state index in [1.807, 2.05) is 6.26 Å². The van der Waals surface area contributed by atoms with Gasteiger partial charge in [-0.3, -0.25) is 4.79 Å². The number of hydrogen-bond donors (Lipinski definition) is 4. The molecule has 6 nitrogen and oxygen atoms in total. The highest BCUT2D eigenvalue weighted by Gasteiger charge is 2.42. The van der Waals surface area contributed by atoms with Crippen molar-refractivity contribution >= 4 is 23.7 Å². The molecule has 1 unspecified atom stereocenters. The summed E-state index contributed by atoms with van der Waals surface area (Å²) < 4.78 is 0. The second kappa shape index (κ2) is 7.59. The highest BCUT2D eigenvalue weighted by atomic mass is 32.2. The summed E-state index contributed by atoms with van der Waals surface area (Å²) >= 11 is 1.61. The third kappa shape index (κ3) is 5.69. The number of rotatable bonds is 9. The Hall–Kier alpha value is -0.950. The number of carbonyl (C=O) groups excluding carboxylic acids is 2. The van der Waals surface area contributed by atoms with Gasteiger partial charge in [0.1, 0.15) is 6.04 Å². The van der Waals surface area contributed by atoms with Crippen molar-refractivity contribution in [2.75, 3.05) is 25.2 Å². The number of carbonyl (C=O) groups is 2. The summed E-state index contributed by atoms with van der Waals surface area (Å²) in [7, 11) is 0. The van der Waals surface area contributed by atoms with E-state index in [0.717, 1.165) is 18.6 Å². The Bertz CT molecular complexity index is 321. The predicted octanol–water partition coefficient (Wildman–Crippen LogP) is 0.0552. The Morgan fingerprint density at radius 2 is 2.16 bits per heavy atom. The van der Waals surface area contributed by atoms with Crippen LogP contribution in [0, 0.1) is 5.41 Å². The van der Waals surface area contributed by atoms with Gasteiger partial charge in [-0.15, -0.1) is 0 Å². The van der Waals surface area contributed by atoms with Crippen molar-refractivity contribution in [3.63, 3.8) is 0 Å². The van der Waals surface area contributed by atoms with Crippen LogP contribution in [-0.4, -0.2) is 48.2 Å². The maximum atomic E-state index is 12.0. The van der Waals surface area contributed by atoms with Crippen molar-refractivity contribution in [3.05, 3.63) is 0 Å². The average molecular weight is 289 g/mol. The van der Waals surface area contributed by atoms with Crippen molar-refractivity contribution in [2.24, 2.45) is 11.1 Å². The molecular formula is C12H23N3O3S. The Morgan fingerprint density at radius 1 is 1.47 bits per heavy atom. The number of urea groups is 1. The Morgan fingerprint density at radius 3 is 2.63 bits per heavy atom. The summed E-state index contributed by atoms with van der Waals surface area (Å²) in [4.78, 5) is 22.9. The molecule has 3 amide bonds. The highest BCUT2D eigenvalue weighted by molar-refractivity contribution is 7.98. The second-order valence-corrected chi connectivity index (χ2v) is 6.02. The van der Waals surface area contributed by atoms with E-state index in [-0.39, 0.29) is 17.9 Å². The first-order chi connectivity index (χ1) is 9.03. The van der Waals surface area contributed by atoms with Gasteiger partial charge in [0.15, 0.2) is 0 Å². The number of aliphatic hydroxyl groups excluding tert-OH is 1. The maximum absolute atomic E-state index is 12.0. The minimum Gasteiger partial charge on any atom is -0.396 e. The fraction of sp³-hybridized carbons (Fsp3) is 0.833. The smallest absolute Gasteiger partial charge is 0.312 e. The monoisotopic (exact) mass is 289 g/mol. The number of aliphatic hydroxyl groups is 1. The summed E-state index contributed by atoms with van der Waals surface area (Å²) in [5.74, 6) is 0.581. The molecule has 1 fully saturated rings. The van der Waals surface area contributed by atoms with E-state index in [9.17, 15) is 9.59 Å². The number of nitrogens with one attached hydrogen (secondary N) is 2. The molecule has 1 aliphatic carbocycles. The first-order valence-corrected chi connectivity index (χ1v) is 7.86. The first-order valence-electron chi connectivity index (χ1n) is 6.46. The van der Waals surface area contributed by atoms with Gasteiger partial charge in [0.05, 0.1) is 0 Å². The van der Waals surface area contributed by atoms with Crippen LogP contribution < -0.4 is 16.4 Å². The molecule has 0 saturated heterocycles. The van der Waals surface area contributed by atoms with Crippen molar-refractivity contribution in [1.82, 2.24) is 10.6 Å². The van der Waals surface area contributed by atoms with E-state index in [4.69, 9.17) is 10.8 Å². The molecule has 110 valence electrons. The van der Waals surface area contributed by atoms with Crippen LogP contribution in [0.15, 0.2) is 0 Å². The van der Waals surface area contributed by atoms with Crippen LogP contribution in [0.4, 0.5) is 4.79 Å². The zero-order valence-corrected chi connectivity index (χ0v) is 12.1. The minimum absolute atomic E-state index is 0.0706. The zero-order valence-electron chi connectivity index (χ0n) is 11.3. The third-order valence-corrected chi connectivity index (χ3v) is 4.12. The molecule has 0 aromatic heterocycles. The highest BCUT2D eigenvalue weighted by Crippen LogP contribution is 2.47. The molecule has 1 rings (SSSR count). The van der Waals surface area contributed by atoms with E-state index in [2.05, 4.69) is 10.6 Å². The molecule has 0 aromatic carbocycles. The van der Waals surface area contributed by atoms with Crippen molar-refractivity contribution in [2.45, 2.75) is 31.7 Å². The molecule has 1 atom stereocenters. The quantitative estimate of drug-likeness (QED) is 0.481. The molecule has 7 heteroatoms. The largest absolute Gasteiger partial charge is 0.396 e. The molecule has 5 N–H and O–H groups in total. The van der Waals surface area contributed by atoms with Crippen molar-refractivity contribution in [3.8, 4) is 0 Å². The summed E-state index contributed by atoms with van der Waals surface area (Å²) in [5.41, 5.74) is 5.15. The van der Waals surface area contributed by atoms with Gasteiger partial charge in [-0.2, -0.15) is 11.8 Å². The molecule has 0 spiro atoms. The lowest BCUT2D eigenvalue weighted by atomic mass is 10.0. The molecule has 0 bridgehead atoms. The van der Waals surface area contributed by atoms with Gasteiger partial charge in [-0.1, -0.05) is 0 Å². The van der Waals surface area contributed by atoms with Crippen LogP contribution in [0.5, 0.6) is 0 Å². The average Bonchev–Trinajstić information content (AvgIpc) is 3.12. The molecule has 0 aromatic rings. The standard InChI is InChI=1S/C12H23N3O3S/c1-19-7-2-9(15-11(13)18)10(17)14-8-12(3-4-12)5-6-16/h9,16H,2-8H2,1H3,(H,14,17)(H3,13,15,18). The van der Waals surface area contributed by atoms with E-state index < -0.39 is 12.1 Å². The van der Waals surface area contributed by atoms with Gasteiger partial charge in [0.2, 0.25) is 5.91 Å². The van der Waals surface area contributed by atoms with Gasteiger partial charge in [0, 0.05) is 13.2 Å². The Balaban J connectivity index is 2.40. The number of amides is 3. The van der Waals surface area contributed by atoms with Crippen LogP contribution in [0.3, 0.4) is 0 Å². The van der Waals surface area contributed by atoms with Crippen molar-refractivity contribution in [1.29, 1.82) is 0 Å². The molecular weight excluding hydrogens is 266 g/mol. The van der Waals surface area contributed by atoms with Crippen LogP contribution in [0.2, 0.25) is 0 Å². The minimum atomic E-state index is -0.683. The zero-order chi connectivity index (χ0) is 14.3. The first kappa shape index (κ1) is 16.1.